The van der Waals surface area contributed by atoms with Gasteiger partial charge in [0.15, 0.2) is 17.4 Å². The lowest BCUT2D eigenvalue weighted by Crippen LogP contribution is -2.57. The maximum absolute atomic E-state index is 16.1. The van der Waals surface area contributed by atoms with Crippen molar-refractivity contribution in [2.75, 3.05) is 44.3 Å². The molecular formula is C29H37BrF3N5O4. The molecule has 4 saturated heterocycles. The standard InChI is InChI=1S/C29H37BrF3N5O4/c1-5-40-24-20(30)22(33)23-19(21(24)32)25(35-26(34-23)41-15-29-9-6-10-37(29)12-16(31)11-29)36-13-17-7-8-18(14-36)38(17)27(39)42-28(2,3)4/h16-18H,5-15H2,1-4H3/t16-,17?,18?,29?/m1/s1. The Labute approximate surface area is 251 Å². The van der Waals surface area contributed by atoms with Gasteiger partial charge in [0.25, 0.3) is 0 Å². The largest absolute Gasteiger partial charge is 0.489 e. The summed E-state index contributed by atoms with van der Waals surface area (Å²) in [4.78, 5) is 27.8. The highest BCUT2D eigenvalue weighted by molar-refractivity contribution is 9.10. The average molecular weight is 657 g/mol. The van der Waals surface area contributed by atoms with Crippen molar-refractivity contribution in [3.05, 3.63) is 16.1 Å². The molecule has 6 rings (SSSR count). The van der Waals surface area contributed by atoms with E-state index in [4.69, 9.17) is 14.2 Å². The summed E-state index contributed by atoms with van der Waals surface area (Å²) in [7, 11) is 0. The van der Waals surface area contributed by atoms with E-state index in [1.54, 1.807) is 11.8 Å². The summed E-state index contributed by atoms with van der Waals surface area (Å²) in [5, 5.41) is -0.109. The van der Waals surface area contributed by atoms with Crippen molar-refractivity contribution >= 4 is 38.7 Å². The smallest absolute Gasteiger partial charge is 0.410 e. The maximum atomic E-state index is 16.1. The van der Waals surface area contributed by atoms with E-state index in [9.17, 15) is 9.18 Å². The van der Waals surface area contributed by atoms with Gasteiger partial charge in [-0.3, -0.25) is 9.80 Å². The number of ether oxygens (including phenoxy) is 3. The van der Waals surface area contributed by atoms with Crippen LogP contribution in [0, 0.1) is 11.6 Å². The number of carbonyl (C=O) groups is 1. The molecule has 4 fully saturated rings. The first kappa shape index (κ1) is 29.5. The SMILES string of the molecule is CCOc1c(Br)c(F)c2nc(OCC34CCCN3C[C@H](F)C4)nc(N3CC4CCC(C3)N4C(=O)OC(C)(C)C)c2c1F. The third-order valence-electron chi connectivity index (χ3n) is 8.79. The van der Waals surface area contributed by atoms with E-state index in [-0.39, 0.29) is 64.3 Å². The Morgan fingerprint density at radius 1 is 1.10 bits per heavy atom. The average Bonchev–Trinajstić information content (AvgIpc) is 3.54. The fraction of sp³-hybridized carbons (Fsp3) is 0.690. The van der Waals surface area contributed by atoms with Gasteiger partial charge < -0.3 is 19.1 Å². The number of fused-ring (bicyclic) bond motifs is 4. The molecule has 0 aliphatic carbocycles. The molecule has 1 amide bonds. The number of amides is 1. The van der Waals surface area contributed by atoms with Crippen LogP contribution in [0.15, 0.2) is 4.47 Å². The van der Waals surface area contributed by atoms with Crippen molar-refractivity contribution in [1.82, 2.24) is 19.8 Å². The molecule has 4 aliphatic rings. The number of rotatable bonds is 6. The lowest BCUT2D eigenvalue weighted by Gasteiger charge is -2.42. The Morgan fingerprint density at radius 3 is 2.48 bits per heavy atom. The molecule has 1 aromatic heterocycles. The Balaban J connectivity index is 1.38. The molecule has 0 saturated carbocycles. The van der Waals surface area contributed by atoms with Crippen molar-refractivity contribution in [2.45, 2.75) is 89.2 Å². The molecule has 3 unspecified atom stereocenters. The summed E-state index contributed by atoms with van der Waals surface area (Å²) in [6.45, 7) is 9.31. The molecule has 0 spiro atoms. The van der Waals surface area contributed by atoms with Crippen LogP contribution >= 0.6 is 15.9 Å². The molecule has 1 aromatic carbocycles. The Kier molecular flexibility index (Phi) is 7.64. The van der Waals surface area contributed by atoms with Gasteiger partial charge in [-0.1, -0.05) is 0 Å². The molecule has 5 heterocycles. The Bertz CT molecular complexity index is 1380. The summed E-state index contributed by atoms with van der Waals surface area (Å²) < 4.78 is 63.3. The zero-order valence-electron chi connectivity index (χ0n) is 24.4. The number of hydrogen-bond donors (Lipinski definition) is 0. The van der Waals surface area contributed by atoms with Gasteiger partial charge in [0.1, 0.15) is 34.2 Å². The van der Waals surface area contributed by atoms with Crippen molar-refractivity contribution in [3.63, 3.8) is 0 Å². The summed E-state index contributed by atoms with van der Waals surface area (Å²) in [6.07, 6.45) is 2.28. The maximum Gasteiger partial charge on any atom is 0.410 e. The first-order chi connectivity index (χ1) is 19.9. The minimum atomic E-state index is -0.932. The lowest BCUT2D eigenvalue weighted by atomic mass is 9.95. The van der Waals surface area contributed by atoms with Gasteiger partial charge in [0.05, 0.1) is 29.6 Å². The summed E-state index contributed by atoms with van der Waals surface area (Å²) in [5.41, 5.74) is -1.33. The number of nitrogens with zero attached hydrogens (tertiary/aromatic N) is 5. The van der Waals surface area contributed by atoms with Gasteiger partial charge in [-0.05, 0) is 75.9 Å². The van der Waals surface area contributed by atoms with Crippen LogP contribution in [0.5, 0.6) is 11.8 Å². The molecule has 42 heavy (non-hydrogen) atoms. The molecule has 9 nitrogen and oxygen atoms in total. The molecule has 13 heteroatoms. The quantitative estimate of drug-likeness (QED) is 0.372. The molecule has 0 N–H and O–H groups in total. The number of alkyl halides is 1. The van der Waals surface area contributed by atoms with Crippen LogP contribution in [0.3, 0.4) is 0 Å². The van der Waals surface area contributed by atoms with Crippen LogP contribution in [0.2, 0.25) is 0 Å². The second-order valence-corrected chi connectivity index (χ2v) is 13.6. The van der Waals surface area contributed by atoms with E-state index in [0.717, 1.165) is 32.2 Å². The zero-order chi connectivity index (χ0) is 30.0. The minimum Gasteiger partial charge on any atom is -0.489 e. The van der Waals surface area contributed by atoms with Gasteiger partial charge in [0, 0.05) is 26.1 Å². The molecule has 2 aromatic rings. The highest BCUT2D eigenvalue weighted by Gasteiger charge is 2.50. The molecule has 2 bridgehead atoms. The third kappa shape index (κ3) is 5.14. The van der Waals surface area contributed by atoms with Crippen molar-refractivity contribution < 1.29 is 32.2 Å². The second kappa shape index (κ2) is 10.9. The Morgan fingerprint density at radius 2 is 1.81 bits per heavy atom. The molecular weight excluding hydrogens is 619 g/mol. The number of aromatic nitrogens is 2. The minimum absolute atomic E-state index is 0.0997. The monoisotopic (exact) mass is 655 g/mol. The van der Waals surface area contributed by atoms with Gasteiger partial charge in [-0.15, -0.1) is 0 Å². The van der Waals surface area contributed by atoms with E-state index >= 15 is 8.78 Å². The van der Waals surface area contributed by atoms with Crippen LogP contribution in [-0.2, 0) is 4.74 Å². The van der Waals surface area contributed by atoms with Crippen LogP contribution in [-0.4, -0.2) is 94.6 Å². The fourth-order valence-corrected chi connectivity index (χ4v) is 7.58. The number of benzene rings is 1. The topological polar surface area (TPSA) is 80.3 Å². The molecule has 0 radical (unpaired) electrons. The van der Waals surface area contributed by atoms with Crippen molar-refractivity contribution in [1.29, 1.82) is 0 Å². The second-order valence-electron chi connectivity index (χ2n) is 12.8. The zero-order valence-corrected chi connectivity index (χ0v) is 26.0. The van der Waals surface area contributed by atoms with Crippen LogP contribution in [0.25, 0.3) is 10.9 Å². The van der Waals surface area contributed by atoms with Gasteiger partial charge in [-0.2, -0.15) is 9.97 Å². The van der Waals surface area contributed by atoms with E-state index in [1.807, 2.05) is 25.7 Å². The van der Waals surface area contributed by atoms with Crippen LogP contribution in [0.4, 0.5) is 23.8 Å². The van der Waals surface area contributed by atoms with Crippen LogP contribution in [0.1, 0.15) is 59.8 Å². The molecule has 230 valence electrons. The number of anilines is 1. The number of hydrogen-bond acceptors (Lipinski definition) is 8. The third-order valence-corrected chi connectivity index (χ3v) is 9.50. The molecule has 4 aliphatic heterocycles. The highest BCUT2D eigenvalue weighted by Crippen LogP contribution is 2.44. The number of carbonyl (C=O) groups excluding carboxylic acids is 1. The van der Waals surface area contributed by atoms with Crippen LogP contribution < -0.4 is 14.4 Å². The Hall–Kier alpha value is -2.54. The first-order valence-corrected chi connectivity index (χ1v) is 15.5. The van der Waals surface area contributed by atoms with E-state index in [1.165, 1.54) is 0 Å². The summed E-state index contributed by atoms with van der Waals surface area (Å²) in [5.74, 6) is -1.64. The van der Waals surface area contributed by atoms with E-state index in [2.05, 4.69) is 30.8 Å². The molecule has 4 atom stereocenters. The fourth-order valence-electron chi connectivity index (χ4n) is 7.10. The first-order valence-electron chi connectivity index (χ1n) is 14.7. The lowest BCUT2D eigenvalue weighted by molar-refractivity contribution is 0.0122. The van der Waals surface area contributed by atoms with E-state index in [0.29, 0.717) is 26.1 Å². The van der Waals surface area contributed by atoms with Gasteiger partial charge >= 0.3 is 12.1 Å². The predicted octanol–water partition coefficient (Wildman–Crippen LogP) is 5.61. The number of halogens is 4. The number of piperazine rings is 1. The van der Waals surface area contributed by atoms with Gasteiger partial charge in [0.2, 0.25) is 0 Å². The van der Waals surface area contributed by atoms with Gasteiger partial charge in [-0.25, -0.2) is 18.0 Å². The predicted molar refractivity (Wildman–Crippen MR) is 154 cm³/mol. The van der Waals surface area contributed by atoms with Crippen molar-refractivity contribution in [3.8, 4) is 11.8 Å². The normalized spacial score (nSPS) is 27.6. The summed E-state index contributed by atoms with van der Waals surface area (Å²) >= 11 is 3.15. The highest BCUT2D eigenvalue weighted by atomic mass is 79.9. The summed E-state index contributed by atoms with van der Waals surface area (Å²) in [6, 6.07) is -0.473. The van der Waals surface area contributed by atoms with Crippen molar-refractivity contribution in [2.24, 2.45) is 0 Å². The van der Waals surface area contributed by atoms with E-state index < -0.39 is 28.9 Å².